The first kappa shape index (κ1) is 13.5. The van der Waals surface area contributed by atoms with E-state index in [9.17, 15) is 4.79 Å². The predicted octanol–water partition coefficient (Wildman–Crippen LogP) is 1.91. The Morgan fingerprint density at radius 2 is 2.12 bits per heavy atom. The zero-order chi connectivity index (χ0) is 12.1. The van der Waals surface area contributed by atoms with Crippen molar-refractivity contribution >= 4 is 5.91 Å². The maximum Gasteiger partial charge on any atom is 0.234 e. The SMILES string of the molecule is CC1CCCC(CNC(C(N)=O)C(C)C)C1. The number of hydrogen-bond donors (Lipinski definition) is 2. The van der Waals surface area contributed by atoms with Gasteiger partial charge in [-0.3, -0.25) is 4.79 Å². The van der Waals surface area contributed by atoms with Gasteiger partial charge in [-0.1, -0.05) is 33.6 Å². The van der Waals surface area contributed by atoms with Gasteiger partial charge in [0.05, 0.1) is 6.04 Å². The molecule has 16 heavy (non-hydrogen) atoms. The maximum absolute atomic E-state index is 11.2. The molecule has 1 rings (SSSR count). The fourth-order valence-corrected chi connectivity index (χ4v) is 2.70. The number of amides is 1. The second-order valence-electron chi connectivity index (χ2n) is 5.67. The molecule has 1 amide bonds. The minimum Gasteiger partial charge on any atom is -0.368 e. The lowest BCUT2D eigenvalue weighted by Gasteiger charge is -2.29. The number of carbonyl (C=O) groups excluding carboxylic acids is 1. The van der Waals surface area contributed by atoms with Crippen LogP contribution in [0.5, 0.6) is 0 Å². The van der Waals surface area contributed by atoms with Gasteiger partial charge >= 0.3 is 0 Å². The van der Waals surface area contributed by atoms with Crippen molar-refractivity contribution in [2.45, 2.75) is 52.5 Å². The number of nitrogens with two attached hydrogens (primary N) is 1. The van der Waals surface area contributed by atoms with Crippen LogP contribution < -0.4 is 11.1 Å². The number of hydrogen-bond acceptors (Lipinski definition) is 2. The van der Waals surface area contributed by atoms with Crippen molar-refractivity contribution < 1.29 is 4.79 Å². The Morgan fingerprint density at radius 1 is 1.44 bits per heavy atom. The van der Waals surface area contributed by atoms with E-state index in [0.29, 0.717) is 0 Å². The van der Waals surface area contributed by atoms with Crippen LogP contribution in [-0.2, 0) is 4.79 Å². The van der Waals surface area contributed by atoms with E-state index >= 15 is 0 Å². The predicted molar refractivity (Wildman–Crippen MR) is 66.9 cm³/mol. The van der Waals surface area contributed by atoms with Gasteiger partial charge < -0.3 is 11.1 Å². The van der Waals surface area contributed by atoms with Gasteiger partial charge in [0.2, 0.25) is 5.91 Å². The molecule has 1 saturated carbocycles. The number of nitrogens with one attached hydrogen (secondary N) is 1. The highest BCUT2D eigenvalue weighted by Gasteiger charge is 2.23. The number of primary amides is 1. The lowest BCUT2D eigenvalue weighted by Crippen LogP contribution is -2.47. The van der Waals surface area contributed by atoms with E-state index < -0.39 is 0 Å². The second-order valence-corrected chi connectivity index (χ2v) is 5.67. The van der Waals surface area contributed by atoms with Gasteiger partial charge in [0.15, 0.2) is 0 Å². The molecule has 3 atom stereocenters. The van der Waals surface area contributed by atoms with Crippen LogP contribution in [0.1, 0.15) is 46.5 Å². The zero-order valence-electron chi connectivity index (χ0n) is 10.8. The molecule has 0 aliphatic heterocycles. The molecule has 0 radical (unpaired) electrons. The molecule has 0 aromatic rings. The van der Waals surface area contributed by atoms with Crippen molar-refractivity contribution in [1.82, 2.24) is 5.32 Å². The highest BCUT2D eigenvalue weighted by Crippen LogP contribution is 2.28. The molecule has 3 unspecified atom stereocenters. The molecule has 1 aliphatic carbocycles. The van der Waals surface area contributed by atoms with Crippen LogP contribution in [0, 0.1) is 17.8 Å². The topological polar surface area (TPSA) is 55.1 Å². The minimum absolute atomic E-state index is 0.169. The van der Waals surface area contributed by atoms with Crippen LogP contribution in [0.2, 0.25) is 0 Å². The molecule has 0 bridgehead atoms. The first-order valence-electron chi connectivity index (χ1n) is 6.53. The summed E-state index contributed by atoms with van der Waals surface area (Å²) in [5.41, 5.74) is 5.38. The highest BCUT2D eigenvalue weighted by molar-refractivity contribution is 5.80. The van der Waals surface area contributed by atoms with Crippen molar-refractivity contribution in [2.75, 3.05) is 6.54 Å². The van der Waals surface area contributed by atoms with Crippen molar-refractivity contribution in [1.29, 1.82) is 0 Å². The zero-order valence-corrected chi connectivity index (χ0v) is 10.8. The normalized spacial score (nSPS) is 28.0. The smallest absolute Gasteiger partial charge is 0.234 e. The average molecular weight is 226 g/mol. The standard InChI is InChI=1S/C13H26N2O/c1-9(2)12(13(14)16)15-8-11-6-4-5-10(3)7-11/h9-12,15H,4-8H2,1-3H3,(H2,14,16). The lowest BCUT2D eigenvalue weighted by molar-refractivity contribution is -0.121. The van der Waals surface area contributed by atoms with Gasteiger partial charge in [-0.25, -0.2) is 0 Å². The quantitative estimate of drug-likeness (QED) is 0.752. The van der Waals surface area contributed by atoms with Crippen molar-refractivity contribution in [3.63, 3.8) is 0 Å². The highest BCUT2D eigenvalue weighted by atomic mass is 16.1. The average Bonchev–Trinajstić information content (AvgIpc) is 2.16. The third kappa shape index (κ3) is 4.12. The molecule has 1 aliphatic rings. The van der Waals surface area contributed by atoms with E-state index in [0.717, 1.165) is 18.4 Å². The third-order valence-electron chi connectivity index (χ3n) is 3.64. The Morgan fingerprint density at radius 3 is 2.62 bits per heavy atom. The van der Waals surface area contributed by atoms with E-state index in [2.05, 4.69) is 12.2 Å². The van der Waals surface area contributed by atoms with Gasteiger partial charge in [-0.05, 0) is 37.1 Å². The van der Waals surface area contributed by atoms with Crippen LogP contribution in [0.25, 0.3) is 0 Å². The summed E-state index contributed by atoms with van der Waals surface area (Å²) >= 11 is 0. The molecule has 1 fully saturated rings. The molecule has 0 aromatic heterocycles. The van der Waals surface area contributed by atoms with Crippen LogP contribution >= 0.6 is 0 Å². The molecule has 3 nitrogen and oxygen atoms in total. The van der Waals surface area contributed by atoms with Crippen LogP contribution in [0.4, 0.5) is 0 Å². The summed E-state index contributed by atoms with van der Waals surface area (Å²) in [5, 5.41) is 3.33. The molecule has 3 N–H and O–H groups in total. The molecule has 3 heteroatoms. The molecule has 0 spiro atoms. The van der Waals surface area contributed by atoms with Crippen molar-refractivity contribution in [2.24, 2.45) is 23.5 Å². The third-order valence-corrected chi connectivity index (χ3v) is 3.64. The van der Waals surface area contributed by atoms with Crippen LogP contribution in [-0.4, -0.2) is 18.5 Å². The summed E-state index contributed by atoms with van der Waals surface area (Å²) in [6.07, 6.45) is 5.27. The molecule has 94 valence electrons. The van der Waals surface area contributed by atoms with E-state index in [1.807, 2.05) is 13.8 Å². The fraction of sp³-hybridized carbons (Fsp3) is 0.923. The Hall–Kier alpha value is -0.570. The first-order valence-corrected chi connectivity index (χ1v) is 6.53. The molecule has 0 aromatic carbocycles. The lowest BCUT2D eigenvalue weighted by atomic mass is 9.82. The number of rotatable bonds is 5. The Balaban J connectivity index is 2.34. The van der Waals surface area contributed by atoms with Gasteiger partial charge in [0, 0.05) is 0 Å². The van der Waals surface area contributed by atoms with Gasteiger partial charge in [-0.2, -0.15) is 0 Å². The van der Waals surface area contributed by atoms with Crippen molar-refractivity contribution in [3.8, 4) is 0 Å². The summed E-state index contributed by atoms with van der Waals surface area (Å²) in [6, 6.07) is -0.169. The largest absolute Gasteiger partial charge is 0.368 e. The maximum atomic E-state index is 11.2. The van der Waals surface area contributed by atoms with Crippen molar-refractivity contribution in [3.05, 3.63) is 0 Å². The Bertz CT molecular complexity index is 228. The summed E-state index contributed by atoms with van der Waals surface area (Å²) in [6.45, 7) is 7.33. The Labute approximate surface area is 99.2 Å². The van der Waals surface area contributed by atoms with E-state index in [1.165, 1.54) is 25.7 Å². The van der Waals surface area contributed by atoms with Gasteiger partial charge in [-0.15, -0.1) is 0 Å². The Kier molecular flexibility index (Phi) is 5.26. The summed E-state index contributed by atoms with van der Waals surface area (Å²) in [5.74, 6) is 1.62. The monoisotopic (exact) mass is 226 g/mol. The van der Waals surface area contributed by atoms with E-state index in [4.69, 9.17) is 5.73 Å². The van der Waals surface area contributed by atoms with Gasteiger partial charge in [0.25, 0.3) is 0 Å². The van der Waals surface area contributed by atoms with E-state index in [-0.39, 0.29) is 17.9 Å². The molecule has 0 saturated heterocycles. The first-order chi connectivity index (χ1) is 7.50. The van der Waals surface area contributed by atoms with Crippen LogP contribution in [0.15, 0.2) is 0 Å². The second kappa shape index (κ2) is 6.24. The molecule has 0 heterocycles. The summed E-state index contributed by atoms with van der Waals surface area (Å²) < 4.78 is 0. The van der Waals surface area contributed by atoms with Crippen LogP contribution in [0.3, 0.4) is 0 Å². The number of carbonyl (C=O) groups is 1. The minimum atomic E-state index is -0.223. The molecular formula is C13H26N2O. The fourth-order valence-electron chi connectivity index (χ4n) is 2.70. The van der Waals surface area contributed by atoms with Gasteiger partial charge in [0.1, 0.15) is 0 Å². The summed E-state index contributed by atoms with van der Waals surface area (Å²) in [4.78, 5) is 11.2. The molecular weight excluding hydrogens is 200 g/mol. The van der Waals surface area contributed by atoms with E-state index in [1.54, 1.807) is 0 Å². The summed E-state index contributed by atoms with van der Waals surface area (Å²) in [7, 11) is 0.